The molecule has 3 saturated heterocycles. The zero-order valence-electron chi connectivity index (χ0n) is 22.7. The summed E-state index contributed by atoms with van der Waals surface area (Å²) in [5, 5.41) is 0. The number of hydrogen-bond donors (Lipinski definition) is 0. The number of esters is 1. The minimum Gasteiger partial charge on any atom is -0.458 e. The van der Waals surface area contributed by atoms with E-state index in [4.69, 9.17) is 14.2 Å². The quantitative estimate of drug-likeness (QED) is 0.370. The molecule has 0 radical (unpaired) electrons. The van der Waals surface area contributed by atoms with Gasteiger partial charge in [0.15, 0.2) is 0 Å². The summed E-state index contributed by atoms with van der Waals surface area (Å²) in [5.41, 5.74) is 0.614. The lowest BCUT2D eigenvalue weighted by Gasteiger charge is -2.27. The molecule has 5 atom stereocenters. The Labute approximate surface area is 216 Å². The van der Waals surface area contributed by atoms with Crippen molar-refractivity contribution in [1.82, 2.24) is 4.98 Å². The van der Waals surface area contributed by atoms with Crippen molar-refractivity contribution in [1.29, 1.82) is 0 Å². The number of ether oxygens (including phenoxy) is 3. The highest BCUT2D eigenvalue weighted by Gasteiger charge is 2.68. The predicted molar refractivity (Wildman–Crippen MR) is 139 cm³/mol. The second-order valence-electron chi connectivity index (χ2n) is 12.2. The van der Waals surface area contributed by atoms with E-state index in [1.54, 1.807) is 6.20 Å². The smallest absolute Gasteiger partial charge is 0.306 e. The second-order valence-corrected chi connectivity index (χ2v) is 12.2. The zero-order valence-corrected chi connectivity index (χ0v) is 22.7. The molecule has 4 heterocycles. The monoisotopic (exact) mass is 497 g/mol. The third-order valence-corrected chi connectivity index (χ3v) is 8.59. The number of Topliss-reactive ketones (excluding diaryl/α,β-unsaturated/α-hetero) is 1. The molecule has 3 aliphatic rings. The van der Waals surface area contributed by atoms with E-state index in [-0.39, 0.29) is 35.5 Å². The van der Waals surface area contributed by atoms with Gasteiger partial charge in [-0.25, -0.2) is 0 Å². The van der Waals surface area contributed by atoms with Crippen molar-refractivity contribution in [2.24, 2.45) is 11.3 Å². The molecule has 4 rings (SSSR count). The summed E-state index contributed by atoms with van der Waals surface area (Å²) < 4.78 is 18.3. The molecule has 0 amide bonds. The van der Waals surface area contributed by atoms with E-state index >= 15 is 0 Å². The Bertz CT molecular complexity index is 969. The Hall–Kier alpha value is -2.05. The van der Waals surface area contributed by atoms with Crippen LogP contribution in [0.25, 0.3) is 6.08 Å². The van der Waals surface area contributed by atoms with Crippen LogP contribution in [0.3, 0.4) is 0 Å². The van der Waals surface area contributed by atoms with Crippen LogP contribution in [0.15, 0.2) is 30.0 Å². The van der Waals surface area contributed by atoms with E-state index in [1.165, 1.54) is 0 Å². The Morgan fingerprint density at radius 1 is 1.14 bits per heavy atom. The van der Waals surface area contributed by atoms with E-state index in [0.717, 1.165) is 50.0 Å². The number of carbonyl (C=O) groups is 2. The van der Waals surface area contributed by atoms with Crippen LogP contribution in [0, 0.1) is 11.3 Å². The Morgan fingerprint density at radius 3 is 2.61 bits per heavy atom. The van der Waals surface area contributed by atoms with Crippen molar-refractivity contribution in [3.05, 3.63) is 35.7 Å². The first kappa shape index (κ1) is 27.0. The lowest BCUT2D eigenvalue weighted by atomic mass is 9.79. The van der Waals surface area contributed by atoms with Crippen molar-refractivity contribution in [3.8, 4) is 0 Å². The number of rotatable bonds is 4. The van der Waals surface area contributed by atoms with Crippen molar-refractivity contribution < 1.29 is 23.8 Å². The Kier molecular flexibility index (Phi) is 8.06. The molecule has 3 fully saturated rings. The van der Waals surface area contributed by atoms with Crippen molar-refractivity contribution >= 4 is 17.8 Å². The lowest BCUT2D eigenvalue weighted by molar-refractivity contribution is -0.149. The van der Waals surface area contributed by atoms with Gasteiger partial charge in [0.2, 0.25) is 0 Å². The third kappa shape index (κ3) is 6.63. The summed E-state index contributed by atoms with van der Waals surface area (Å²) in [6.07, 6.45) is 10.2. The second kappa shape index (κ2) is 10.7. The molecular formula is C30H43NO5. The summed E-state index contributed by atoms with van der Waals surface area (Å²) in [4.78, 5) is 30.4. The molecule has 0 spiro atoms. The standard InChI is InChI=1S/C30H43NO5/c1-21-9-8-14-29(5)30(36-29,18-24-20-34-24)19-25(22(2)17-23-10-6-7-16-31-23)35-27(33)13-15-28(3,4)26(32)12-11-21/h6-7,10,16-17,21,24-25H,8-9,11-15,18-20H2,1-5H3. The van der Waals surface area contributed by atoms with Crippen molar-refractivity contribution in [2.75, 3.05) is 6.61 Å². The average Bonchev–Trinajstić information content (AvgIpc) is 3.74. The van der Waals surface area contributed by atoms with Crippen LogP contribution >= 0.6 is 0 Å². The van der Waals surface area contributed by atoms with Crippen LogP contribution in [-0.4, -0.2) is 46.8 Å². The summed E-state index contributed by atoms with van der Waals surface area (Å²) in [5.74, 6) is 0.454. The van der Waals surface area contributed by atoms with Gasteiger partial charge in [-0.3, -0.25) is 14.6 Å². The van der Waals surface area contributed by atoms with Gasteiger partial charge in [-0.2, -0.15) is 0 Å². The minimum atomic E-state index is -0.535. The maximum absolute atomic E-state index is 13.1. The van der Waals surface area contributed by atoms with Gasteiger partial charge < -0.3 is 14.2 Å². The zero-order chi connectivity index (χ0) is 26.0. The molecule has 5 unspecified atom stereocenters. The normalized spacial score (nSPS) is 36.0. The largest absolute Gasteiger partial charge is 0.458 e. The number of aromatic nitrogens is 1. The van der Waals surface area contributed by atoms with Crippen LogP contribution < -0.4 is 0 Å². The minimum absolute atomic E-state index is 0.221. The predicted octanol–water partition coefficient (Wildman–Crippen LogP) is 6.08. The van der Waals surface area contributed by atoms with Gasteiger partial charge in [-0.1, -0.05) is 39.7 Å². The molecular weight excluding hydrogens is 454 g/mol. The van der Waals surface area contributed by atoms with E-state index in [2.05, 4.69) is 18.8 Å². The highest BCUT2D eigenvalue weighted by molar-refractivity contribution is 5.84. The average molecular weight is 498 g/mol. The van der Waals surface area contributed by atoms with E-state index in [9.17, 15) is 9.59 Å². The number of ketones is 1. The molecule has 1 aromatic heterocycles. The molecule has 0 N–H and O–H groups in total. The fourth-order valence-corrected chi connectivity index (χ4v) is 5.64. The molecule has 1 aromatic rings. The van der Waals surface area contributed by atoms with Gasteiger partial charge in [-0.15, -0.1) is 0 Å². The first-order valence-corrected chi connectivity index (χ1v) is 13.7. The van der Waals surface area contributed by atoms with Crippen LogP contribution in [0.5, 0.6) is 0 Å². The molecule has 6 nitrogen and oxygen atoms in total. The van der Waals surface area contributed by atoms with E-state index < -0.39 is 11.5 Å². The number of nitrogens with zero attached hydrogens (tertiary/aromatic N) is 1. The van der Waals surface area contributed by atoms with Crippen molar-refractivity contribution in [3.63, 3.8) is 0 Å². The summed E-state index contributed by atoms with van der Waals surface area (Å²) in [6.45, 7) is 11.1. The molecule has 3 aliphatic heterocycles. The van der Waals surface area contributed by atoms with Crippen molar-refractivity contribution in [2.45, 2.75) is 116 Å². The van der Waals surface area contributed by atoms with Gasteiger partial charge >= 0.3 is 5.97 Å². The van der Waals surface area contributed by atoms with Crippen LogP contribution in [-0.2, 0) is 23.8 Å². The molecule has 198 valence electrons. The number of hydrogen-bond acceptors (Lipinski definition) is 6. The van der Waals surface area contributed by atoms with E-state index in [0.29, 0.717) is 25.2 Å². The molecule has 0 bridgehead atoms. The van der Waals surface area contributed by atoms with Crippen LogP contribution in [0.4, 0.5) is 0 Å². The summed E-state index contributed by atoms with van der Waals surface area (Å²) in [7, 11) is 0. The summed E-state index contributed by atoms with van der Waals surface area (Å²) >= 11 is 0. The number of cyclic esters (lactones) is 1. The van der Waals surface area contributed by atoms with Crippen LogP contribution in [0.1, 0.15) is 98.1 Å². The first-order valence-electron chi connectivity index (χ1n) is 13.7. The first-order chi connectivity index (χ1) is 17.0. The highest BCUT2D eigenvalue weighted by atomic mass is 16.6. The van der Waals surface area contributed by atoms with Crippen LogP contribution in [0.2, 0.25) is 0 Å². The number of carbonyl (C=O) groups excluding carboxylic acids is 2. The fourth-order valence-electron chi connectivity index (χ4n) is 5.64. The molecule has 0 aliphatic carbocycles. The highest BCUT2D eigenvalue weighted by Crippen LogP contribution is 2.58. The molecule has 0 saturated carbocycles. The van der Waals surface area contributed by atoms with Gasteiger partial charge in [0.1, 0.15) is 17.5 Å². The Balaban J connectivity index is 1.59. The van der Waals surface area contributed by atoms with Gasteiger partial charge in [0.05, 0.1) is 24.0 Å². The van der Waals surface area contributed by atoms with E-state index in [1.807, 2.05) is 45.0 Å². The third-order valence-electron chi connectivity index (χ3n) is 8.59. The molecule has 0 aromatic carbocycles. The summed E-state index contributed by atoms with van der Waals surface area (Å²) in [6, 6.07) is 5.78. The number of epoxide rings is 2. The molecule has 6 heteroatoms. The van der Waals surface area contributed by atoms with Gasteiger partial charge in [0.25, 0.3) is 0 Å². The maximum atomic E-state index is 13.1. The van der Waals surface area contributed by atoms with Gasteiger partial charge in [0, 0.05) is 37.3 Å². The number of pyridine rings is 1. The van der Waals surface area contributed by atoms with Gasteiger partial charge in [-0.05, 0) is 62.8 Å². The topological polar surface area (TPSA) is 81.3 Å². The molecule has 36 heavy (non-hydrogen) atoms. The maximum Gasteiger partial charge on any atom is 0.306 e. The SMILES string of the molecule is CC(=Cc1ccccn1)C1CC2(CC3CO3)OC2(C)CCCC(C)CCC(=O)C(C)(C)CCC(=O)O1. The number of fused-ring (bicyclic) bond motifs is 1. The fraction of sp³-hybridized carbons (Fsp3) is 0.700. The lowest BCUT2D eigenvalue weighted by Crippen LogP contribution is -2.34. The Morgan fingerprint density at radius 2 is 1.92 bits per heavy atom.